The quantitative estimate of drug-likeness (QED) is 0.392. The molecule has 0 aliphatic heterocycles. The molecule has 0 radical (unpaired) electrons. The number of hydrogen-bond donors (Lipinski definition) is 0. The summed E-state index contributed by atoms with van der Waals surface area (Å²) in [6, 6.07) is 18.9. The molecule has 3 aromatic carbocycles. The number of benzene rings is 3. The molecule has 0 N–H and O–H groups in total. The van der Waals surface area contributed by atoms with Gasteiger partial charge in [0.15, 0.2) is 11.5 Å². The van der Waals surface area contributed by atoms with Gasteiger partial charge >= 0.3 is 0 Å². The number of ether oxygens (including phenoxy) is 3. The van der Waals surface area contributed by atoms with E-state index in [9.17, 15) is 4.79 Å². The fourth-order valence-electron chi connectivity index (χ4n) is 3.54. The smallest absolute Gasteiger partial charge is 0.262 e. The van der Waals surface area contributed by atoms with E-state index in [0.29, 0.717) is 46.1 Å². The molecule has 0 spiro atoms. The van der Waals surface area contributed by atoms with Gasteiger partial charge in [0, 0.05) is 10.0 Å². The van der Waals surface area contributed by atoms with Gasteiger partial charge in [0.1, 0.15) is 5.82 Å². The Bertz CT molecular complexity index is 1280. The zero-order valence-corrected chi connectivity index (χ0v) is 19.0. The van der Waals surface area contributed by atoms with Crippen LogP contribution in [0.4, 0.5) is 0 Å². The molecule has 0 atom stereocenters. The SMILES string of the molecule is COc1cc(-c2nc3ccc(Br)cc3c(=O)n2Cc2ccccc2)cc(OC)c1OC. The third kappa shape index (κ3) is 4.01. The van der Waals surface area contributed by atoms with Crippen molar-refractivity contribution in [3.63, 3.8) is 0 Å². The molecule has 0 aliphatic carbocycles. The summed E-state index contributed by atoms with van der Waals surface area (Å²) in [6.45, 7) is 0.376. The molecule has 1 aromatic heterocycles. The maximum atomic E-state index is 13.5. The van der Waals surface area contributed by atoms with Gasteiger partial charge in [-0.1, -0.05) is 46.3 Å². The number of fused-ring (bicyclic) bond motifs is 1. The van der Waals surface area contributed by atoms with Crippen LogP contribution in [-0.4, -0.2) is 30.9 Å². The number of aromatic nitrogens is 2. The summed E-state index contributed by atoms with van der Waals surface area (Å²) in [4.78, 5) is 18.4. The van der Waals surface area contributed by atoms with Crippen molar-refractivity contribution in [1.29, 1.82) is 0 Å². The highest BCUT2D eigenvalue weighted by atomic mass is 79.9. The maximum absolute atomic E-state index is 13.5. The molecular weight excluding hydrogens is 460 g/mol. The van der Waals surface area contributed by atoms with E-state index in [1.54, 1.807) is 44.1 Å². The molecule has 7 heteroatoms. The summed E-state index contributed by atoms with van der Waals surface area (Å²) < 4.78 is 18.9. The second-order valence-corrected chi connectivity index (χ2v) is 7.80. The largest absolute Gasteiger partial charge is 0.493 e. The van der Waals surface area contributed by atoms with E-state index in [2.05, 4.69) is 15.9 Å². The summed E-state index contributed by atoms with van der Waals surface area (Å²) in [5.74, 6) is 1.99. The second kappa shape index (κ2) is 8.81. The number of hydrogen-bond acceptors (Lipinski definition) is 5. The molecule has 0 saturated carbocycles. The van der Waals surface area contributed by atoms with E-state index in [1.807, 2.05) is 42.5 Å². The van der Waals surface area contributed by atoms with E-state index in [1.165, 1.54) is 0 Å². The third-order valence-electron chi connectivity index (χ3n) is 5.02. The van der Waals surface area contributed by atoms with E-state index in [-0.39, 0.29) is 5.56 Å². The van der Waals surface area contributed by atoms with Crippen molar-refractivity contribution in [1.82, 2.24) is 9.55 Å². The van der Waals surface area contributed by atoms with Crippen LogP contribution >= 0.6 is 15.9 Å². The predicted octanol–water partition coefficient (Wildman–Crippen LogP) is 4.90. The Labute approximate surface area is 188 Å². The van der Waals surface area contributed by atoms with Gasteiger partial charge in [0.05, 0.1) is 38.8 Å². The Balaban J connectivity index is 2.02. The monoisotopic (exact) mass is 480 g/mol. The molecule has 0 saturated heterocycles. The molecule has 0 fully saturated rings. The highest BCUT2D eigenvalue weighted by Gasteiger charge is 2.19. The molecular formula is C24H21BrN2O4. The fourth-order valence-corrected chi connectivity index (χ4v) is 3.90. The van der Waals surface area contributed by atoms with E-state index in [4.69, 9.17) is 19.2 Å². The number of rotatable bonds is 6. The Kier molecular flexibility index (Phi) is 5.95. The standard InChI is InChI=1S/C24H21BrN2O4/c1-29-20-11-16(12-21(30-2)22(20)31-3)23-26-19-10-9-17(25)13-18(19)24(28)27(23)14-15-7-5-4-6-8-15/h4-13H,14H2,1-3H3. The summed E-state index contributed by atoms with van der Waals surface area (Å²) in [6.07, 6.45) is 0. The minimum Gasteiger partial charge on any atom is -0.493 e. The number of methoxy groups -OCH3 is 3. The Morgan fingerprint density at radius 1 is 0.903 bits per heavy atom. The minimum atomic E-state index is -0.126. The van der Waals surface area contributed by atoms with Crippen molar-refractivity contribution >= 4 is 26.8 Å². The van der Waals surface area contributed by atoms with Crippen LogP contribution in [0.1, 0.15) is 5.56 Å². The first-order valence-corrected chi connectivity index (χ1v) is 10.4. The van der Waals surface area contributed by atoms with Crippen molar-refractivity contribution in [3.05, 3.63) is 81.1 Å². The van der Waals surface area contributed by atoms with Gasteiger partial charge in [-0.25, -0.2) is 4.98 Å². The van der Waals surface area contributed by atoms with Crippen LogP contribution < -0.4 is 19.8 Å². The second-order valence-electron chi connectivity index (χ2n) is 6.89. The van der Waals surface area contributed by atoms with Crippen molar-refractivity contribution in [2.24, 2.45) is 0 Å². The Morgan fingerprint density at radius 2 is 1.58 bits per heavy atom. The van der Waals surface area contributed by atoms with Crippen LogP contribution in [0, 0.1) is 0 Å². The van der Waals surface area contributed by atoms with Crippen LogP contribution in [0.5, 0.6) is 17.2 Å². The van der Waals surface area contributed by atoms with Crippen LogP contribution in [0.15, 0.2) is 69.9 Å². The molecule has 0 amide bonds. The van der Waals surface area contributed by atoms with Gasteiger partial charge < -0.3 is 14.2 Å². The lowest BCUT2D eigenvalue weighted by atomic mass is 10.1. The maximum Gasteiger partial charge on any atom is 0.262 e. The first kappa shape index (κ1) is 20.9. The van der Waals surface area contributed by atoms with Crippen molar-refractivity contribution in [2.45, 2.75) is 6.54 Å². The molecule has 0 unspecified atom stereocenters. The van der Waals surface area contributed by atoms with Crippen molar-refractivity contribution in [3.8, 4) is 28.6 Å². The fraction of sp³-hybridized carbons (Fsp3) is 0.167. The van der Waals surface area contributed by atoms with Gasteiger partial charge in [-0.15, -0.1) is 0 Å². The highest BCUT2D eigenvalue weighted by molar-refractivity contribution is 9.10. The van der Waals surface area contributed by atoms with Gasteiger partial charge in [0.2, 0.25) is 5.75 Å². The number of halogens is 1. The molecule has 0 bridgehead atoms. The van der Waals surface area contributed by atoms with Crippen molar-refractivity contribution < 1.29 is 14.2 Å². The highest BCUT2D eigenvalue weighted by Crippen LogP contribution is 2.41. The van der Waals surface area contributed by atoms with Crippen LogP contribution in [0.25, 0.3) is 22.3 Å². The Morgan fingerprint density at radius 3 is 2.19 bits per heavy atom. The zero-order chi connectivity index (χ0) is 22.0. The summed E-state index contributed by atoms with van der Waals surface area (Å²) in [7, 11) is 4.67. The molecule has 1 heterocycles. The molecule has 4 aromatic rings. The van der Waals surface area contributed by atoms with Crippen LogP contribution in [0.2, 0.25) is 0 Å². The normalized spacial score (nSPS) is 10.8. The molecule has 4 rings (SSSR count). The first-order chi connectivity index (χ1) is 15.0. The summed E-state index contributed by atoms with van der Waals surface area (Å²) in [5.41, 5.74) is 2.17. The molecule has 6 nitrogen and oxygen atoms in total. The van der Waals surface area contributed by atoms with Gasteiger partial charge in [-0.3, -0.25) is 9.36 Å². The molecule has 0 aliphatic rings. The van der Waals surface area contributed by atoms with Gasteiger partial charge in [-0.05, 0) is 35.9 Å². The lowest BCUT2D eigenvalue weighted by molar-refractivity contribution is 0.324. The Hall–Kier alpha value is -3.32. The van der Waals surface area contributed by atoms with Gasteiger partial charge in [0.25, 0.3) is 5.56 Å². The summed E-state index contributed by atoms with van der Waals surface area (Å²) >= 11 is 3.45. The lowest BCUT2D eigenvalue weighted by Crippen LogP contribution is -2.24. The van der Waals surface area contributed by atoms with Crippen LogP contribution in [-0.2, 0) is 6.54 Å². The van der Waals surface area contributed by atoms with E-state index in [0.717, 1.165) is 10.0 Å². The minimum absolute atomic E-state index is 0.126. The van der Waals surface area contributed by atoms with E-state index < -0.39 is 0 Å². The van der Waals surface area contributed by atoms with Crippen molar-refractivity contribution in [2.75, 3.05) is 21.3 Å². The predicted molar refractivity (Wildman–Crippen MR) is 124 cm³/mol. The zero-order valence-electron chi connectivity index (χ0n) is 17.4. The first-order valence-electron chi connectivity index (χ1n) is 9.60. The average Bonchev–Trinajstić information content (AvgIpc) is 2.80. The molecule has 31 heavy (non-hydrogen) atoms. The topological polar surface area (TPSA) is 62.6 Å². The number of nitrogens with zero attached hydrogens (tertiary/aromatic N) is 2. The van der Waals surface area contributed by atoms with Gasteiger partial charge in [-0.2, -0.15) is 0 Å². The molecule has 158 valence electrons. The summed E-state index contributed by atoms with van der Waals surface area (Å²) in [5, 5.41) is 0.543. The third-order valence-corrected chi connectivity index (χ3v) is 5.52. The van der Waals surface area contributed by atoms with Crippen LogP contribution in [0.3, 0.4) is 0 Å². The average molecular weight is 481 g/mol. The van der Waals surface area contributed by atoms with E-state index >= 15 is 0 Å². The lowest BCUT2D eigenvalue weighted by Gasteiger charge is -2.17.